The Morgan fingerprint density at radius 3 is 2.40 bits per heavy atom. The minimum atomic E-state index is 0.154. The summed E-state index contributed by atoms with van der Waals surface area (Å²) in [5.41, 5.74) is 0.435. The predicted octanol–water partition coefficient (Wildman–Crippen LogP) is 1.19. The number of hydrogen-bond donors (Lipinski definition) is 0. The molecule has 0 saturated carbocycles. The quantitative estimate of drug-likeness (QED) is 0.649. The van der Waals surface area contributed by atoms with Crippen LogP contribution in [0.4, 0.5) is 0 Å². The van der Waals surface area contributed by atoms with Crippen LogP contribution in [-0.2, 0) is 4.74 Å². The van der Waals surface area contributed by atoms with Crippen molar-refractivity contribution in [3.05, 3.63) is 0 Å². The van der Waals surface area contributed by atoms with Crippen molar-refractivity contribution in [2.24, 2.45) is 0 Å². The lowest BCUT2D eigenvalue weighted by atomic mass is 9.89. The van der Waals surface area contributed by atoms with E-state index in [0.717, 1.165) is 39.3 Å². The zero-order chi connectivity index (χ0) is 11.1. The highest BCUT2D eigenvalue weighted by Gasteiger charge is 2.47. The van der Waals surface area contributed by atoms with E-state index in [1.165, 1.54) is 0 Å². The van der Waals surface area contributed by atoms with E-state index < -0.39 is 0 Å². The van der Waals surface area contributed by atoms with Gasteiger partial charge in [-0.05, 0) is 27.3 Å². The summed E-state index contributed by atoms with van der Waals surface area (Å²) in [6.07, 6.45) is 0. The molecule has 0 aromatic carbocycles. The van der Waals surface area contributed by atoms with Crippen LogP contribution in [0.2, 0.25) is 0 Å². The molecule has 2 rings (SSSR count). The van der Waals surface area contributed by atoms with Crippen LogP contribution in [0.1, 0.15) is 27.7 Å². The Bertz CT molecular complexity index is 228. The highest BCUT2D eigenvalue weighted by molar-refractivity contribution is 5.02. The van der Waals surface area contributed by atoms with E-state index in [1.54, 1.807) is 0 Å². The highest BCUT2D eigenvalue weighted by Crippen LogP contribution is 2.31. The SMILES string of the molecule is CCN1CC2(C1)CN(C(C)(C)C)CCO2. The van der Waals surface area contributed by atoms with Crippen LogP contribution >= 0.6 is 0 Å². The Hall–Kier alpha value is -0.120. The Labute approximate surface area is 93.4 Å². The largest absolute Gasteiger partial charge is 0.370 e. The first kappa shape index (κ1) is 11.4. The first-order valence-electron chi connectivity index (χ1n) is 6.07. The number of ether oxygens (including phenoxy) is 1. The minimum absolute atomic E-state index is 0.154. The van der Waals surface area contributed by atoms with E-state index in [-0.39, 0.29) is 11.1 Å². The van der Waals surface area contributed by atoms with Gasteiger partial charge in [-0.3, -0.25) is 9.80 Å². The molecule has 1 spiro atoms. The molecule has 0 N–H and O–H groups in total. The molecule has 0 aliphatic carbocycles. The molecule has 3 heteroatoms. The van der Waals surface area contributed by atoms with Crippen LogP contribution in [-0.4, -0.2) is 60.3 Å². The van der Waals surface area contributed by atoms with Gasteiger partial charge in [-0.2, -0.15) is 0 Å². The predicted molar refractivity (Wildman–Crippen MR) is 62.1 cm³/mol. The average molecular weight is 212 g/mol. The lowest BCUT2D eigenvalue weighted by Gasteiger charge is -2.56. The molecule has 2 heterocycles. The molecule has 2 fully saturated rings. The fourth-order valence-corrected chi connectivity index (χ4v) is 2.60. The zero-order valence-corrected chi connectivity index (χ0v) is 10.5. The number of hydrogen-bond acceptors (Lipinski definition) is 3. The molecule has 88 valence electrons. The van der Waals surface area contributed by atoms with Crippen molar-refractivity contribution in [1.82, 2.24) is 9.80 Å². The molecule has 0 aromatic heterocycles. The number of rotatable bonds is 1. The lowest BCUT2D eigenvalue weighted by molar-refractivity contribution is -0.193. The van der Waals surface area contributed by atoms with Crippen molar-refractivity contribution in [2.75, 3.05) is 39.3 Å². The minimum Gasteiger partial charge on any atom is -0.370 e. The normalized spacial score (nSPS) is 28.0. The van der Waals surface area contributed by atoms with Gasteiger partial charge in [0.2, 0.25) is 0 Å². The third-order valence-electron chi connectivity index (χ3n) is 3.67. The summed E-state index contributed by atoms with van der Waals surface area (Å²) in [4.78, 5) is 5.01. The van der Waals surface area contributed by atoms with Crippen LogP contribution < -0.4 is 0 Å². The Balaban J connectivity index is 1.94. The molecule has 0 atom stereocenters. The maximum absolute atomic E-state index is 5.98. The molecule has 2 aliphatic heterocycles. The van der Waals surface area contributed by atoms with Gasteiger partial charge in [0, 0.05) is 31.7 Å². The maximum Gasteiger partial charge on any atom is 0.106 e. The van der Waals surface area contributed by atoms with Crippen LogP contribution in [0.3, 0.4) is 0 Å². The van der Waals surface area contributed by atoms with Gasteiger partial charge in [0.15, 0.2) is 0 Å². The monoisotopic (exact) mass is 212 g/mol. The summed E-state index contributed by atoms with van der Waals surface area (Å²) in [6.45, 7) is 15.6. The van der Waals surface area contributed by atoms with Crippen LogP contribution in [0.15, 0.2) is 0 Å². The molecule has 0 bridgehead atoms. The van der Waals surface area contributed by atoms with E-state index in [2.05, 4.69) is 37.5 Å². The van der Waals surface area contributed by atoms with Gasteiger partial charge in [-0.25, -0.2) is 0 Å². The van der Waals surface area contributed by atoms with Crippen LogP contribution in [0, 0.1) is 0 Å². The molecule has 0 radical (unpaired) electrons. The number of nitrogens with zero attached hydrogens (tertiary/aromatic N) is 2. The first-order chi connectivity index (χ1) is 6.95. The van der Waals surface area contributed by atoms with Gasteiger partial charge in [0.25, 0.3) is 0 Å². The van der Waals surface area contributed by atoms with Gasteiger partial charge in [0.1, 0.15) is 5.60 Å². The molecule has 2 saturated heterocycles. The van der Waals surface area contributed by atoms with E-state index in [9.17, 15) is 0 Å². The molecule has 0 unspecified atom stereocenters. The lowest BCUT2D eigenvalue weighted by Crippen LogP contribution is -2.71. The smallest absolute Gasteiger partial charge is 0.106 e. The second-order valence-electron chi connectivity index (χ2n) is 5.93. The number of morpholine rings is 1. The van der Waals surface area contributed by atoms with E-state index in [0.29, 0.717) is 0 Å². The second kappa shape index (κ2) is 3.72. The van der Waals surface area contributed by atoms with Crippen molar-refractivity contribution >= 4 is 0 Å². The molecule has 2 aliphatic rings. The summed E-state index contributed by atoms with van der Waals surface area (Å²) in [6, 6.07) is 0. The number of likely N-dealkylation sites (N-methyl/N-ethyl adjacent to an activating group) is 1. The summed E-state index contributed by atoms with van der Waals surface area (Å²) in [5, 5.41) is 0. The fourth-order valence-electron chi connectivity index (χ4n) is 2.60. The standard InChI is InChI=1S/C12H24N2O/c1-5-13-8-12(9-13)10-14(6-7-15-12)11(2,3)4/h5-10H2,1-4H3. The molecule has 0 amide bonds. The maximum atomic E-state index is 5.98. The fraction of sp³-hybridized carbons (Fsp3) is 1.00. The van der Waals surface area contributed by atoms with Gasteiger partial charge < -0.3 is 4.74 Å². The van der Waals surface area contributed by atoms with Gasteiger partial charge in [-0.1, -0.05) is 6.92 Å². The highest BCUT2D eigenvalue weighted by atomic mass is 16.5. The third kappa shape index (κ3) is 2.19. The Morgan fingerprint density at radius 2 is 1.87 bits per heavy atom. The molecule has 15 heavy (non-hydrogen) atoms. The molecular formula is C12H24N2O. The van der Waals surface area contributed by atoms with Crippen molar-refractivity contribution in [3.63, 3.8) is 0 Å². The first-order valence-corrected chi connectivity index (χ1v) is 6.07. The summed E-state index contributed by atoms with van der Waals surface area (Å²) in [5.74, 6) is 0. The topological polar surface area (TPSA) is 15.7 Å². The summed E-state index contributed by atoms with van der Waals surface area (Å²) >= 11 is 0. The third-order valence-corrected chi connectivity index (χ3v) is 3.67. The van der Waals surface area contributed by atoms with Gasteiger partial charge in [0.05, 0.1) is 6.61 Å². The molecule has 0 aromatic rings. The van der Waals surface area contributed by atoms with Crippen LogP contribution in [0.25, 0.3) is 0 Å². The molecule has 3 nitrogen and oxygen atoms in total. The molecular weight excluding hydrogens is 188 g/mol. The van der Waals surface area contributed by atoms with E-state index in [1.807, 2.05) is 0 Å². The van der Waals surface area contributed by atoms with Crippen molar-refractivity contribution in [1.29, 1.82) is 0 Å². The zero-order valence-electron chi connectivity index (χ0n) is 10.5. The van der Waals surface area contributed by atoms with E-state index in [4.69, 9.17) is 4.74 Å². The second-order valence-corrected chi connectivity index (χ2v) is 5.93. The van der Waals surface area contributed by atoms with Crippen molar-refractivity contribution in [3.8, 4) is 0 Å². The van der Waals surface area contributed by atoms with Crippen molar-refractivity contribution in [2.45, 2.75) is 38.8 Å². The average Bonchev–Trinajstić information content (AvgIpc) is 2.12. The van der Waals surface area contributed by atoms with Gasteiger partial charge >= 0.3 is 0 Å². The van der Waals surface area contributed by atoms with E-state index >= 15 is 0 Å². The van der Waals surface area contributed by atoms with Crippen molar-refractivity contribution < 1.29 is 4.74 Å². The summed E-state index contributed by atoms with van der Waals surface area (Å²) in [7, 11) is 0. The summed E-state index contributed by atoms with van der Waals surface area (Å²) < 4.78 is 5.98. The van der Waals surface area contributed by atoms with Crippen LogP contribution in [0.5, 0.6) is 0 Å². The Morgan fingerprint density at radius 1 is 1.20 bits per heavy atom. The Kier molecular flexibility index (Phi) is 2.82. The van der Waals surface area contributed by atoms with Gasteiger partial charge in [-0.15, -0.1) is 0 Å². The number of likely N-dealkylation sites (tertiary alicyclic amines) is 1.